The summed E-state index contributed by atoms with van der Waals surface area (Å²) in [6, 6.07) is 13.0. The number of rotatable bonds is 10. The zero-order valence-corrected chi connectivity index (χ0v) is 16.4. The highest BCUT2D eigenvalue weighted by atomic mass is 35.5. The first kappa shape index (κ1) is 20.1. The summed E-state index contributed by atoms with van der Waals surface area (Å²) < 4.78 is 13.5. The first-order chi connectivity index (χ1) is 13.6. The van der Waals surface area contributed by atoms with Gasteiger partial charge in [0, 0.05) is 19.2 Å². The maximum atomic E-state index is 11.0. The van der Waals surface area contributed by atoms with Gasteiger partial charge in [-0.3, -0.25) is 4.79 Å². The zero-order valence-electron chi connectivity index (χ0n) is 15.7. The summed E-state index contributed by atoms with van der Waals surface area (Å²) in [5, 5.41) is 3.55. The number of imidazole rings is 1. The number of para-hydroxylation sites is 1. The van der Waals surface area contributed by atoms with Crippen molar-refractivity contribution in [2.24, 2.45) is 5.73 Å². The van der Waals surface area contributed by atoms with Crippen LogP contribution in [-0.4, -0.2) is 35.2 Å². The van der Waals surface area contributed by atoms with E-state index in [0.29, 0.717) is 42.8 Å². The Morgan fingerprint density at radius 2 is 2.11 bits per heavy atom. The molecule has 0 aliphatic rings. The van der Waals surface area contributed by atoms with Crippen molar-refractivity contribution < 1.29 is 14.3 Å². The van der Waals surface area contributed by atoms with Crippen LogP contribution in [0.15, 0.2) is 42.5 Å². The molecular weight excluding hydrogens is 380 g/mol. The number of nitrogens with one attached hydrogen (secondary N) is 1. The monoisotopic (exact) mass is 402 g/mol. The summed E-state index contributed by atoms with van der Waals surface area (Å²) in [7, 11) is 0. The quantitative estimate of drug-likeness (QED) is 0.508. The number of hydrogen-bond donors (Lipinski definition) is 2. The van der Waals surface area contributed by atoms with Gasteiger partial charge in [0.2, 0.25) is 5.91 Å². The van der Waals surface area contributed by atoms with Gasteiger partial charge in [-0.2, -0.15) is 0 Å². The van der Waals surface area contributed by atoms with Gasteiger partial charge in [-0.25, -0.2) is 4.98 Å². The fourth-order valence-electron chi connectivity index (χ4n) is 2.85. The molecule has 0 saturated heterocycles. The maximum absolute atomic E-state index is 11.0. The third-order valence-electron chi connectivity index (χ3n) is 4.11. The van der Waals surface area contributed by atoms with Gasteiger partial charge in [0.25, 0.3) is 0 Å². The van der Waals surface area contributed by atoms with Crippen molar-refractivity contribution in [2.45, 2.75) is 20.0 Å². The lowest BCUT2D eigenvalue weighted by molar-refractivity contribution is -0.117. The molecule has 1 amide bonds. The van der Waals surface area contributed by atoms with Gasteiger partial charge >= 0.3 is 0 Å². The average Bonchev–Trinajstić information content (AvgIpc) is 3.01. The molecule has 0 aliphatic carbocycles. The number of benzene rings is 2. The molecule has 1 heterocycles. The van der Waals surface area contributed by atoms with Gasteiger partial charge in [0.1, 0.15) is 17.3 Å². The fourth-order valence-corrected chi connectivity index (χ4v) is 3.03. The topological polar surface area (TPSA) is 91.4 Å². The van der Waals surface area contributed by atoms with Crippen molar-refractivity contribution in [2.75, 3.05) is 19.8 Å². The Morgan fingerprint density at radius 1 is 1.29 bits per heavy atom. The summed E-state index contributed by atoms with van der Waals surface area (Å²) in [5.74, 6) is 1.64. The Labute approximate surface area is 168 Å². The van der Waals surface area contributed by atoms with Gasteiger partial charge in [0.05, 0.1) is 35.8 Å². The van der Waals surface area contributed by atoms with Crippen LogP contribution >= 0.6 is 11.6 Å². The molecule has 0 bridgehead atoms. The van der Waals surface area contributed by atoms with Crippen molar-refractivity contribution in [1.29, 1.82) is 0 Å². The van der Waals surface area contributed by atoms with Crippen LogP contribution in [0.1, 0.15) is 12.7 Å². The minimum atomic E-state index is -0.410. The van der Waals surface area contributed by atoms with E-state index in [4.69, 9.17) is 26.8 Å². The lowest BCUT2D eigenvalue weighted by Gasteiger charge is -2.11. The van der Waals surface area contributed by atoms with E-state index in [2.05, 4.69) is 14.9 Å². The maximum Gasteiger partial charge on any atom is 0.231 e. The van der Waals surface area contributed by atoms with Crippen molar-refractivity contribution in [3.63, 3.8) is 0 Å². The smallest absolute Gasteiger partial charge is 0.231 e. The number of fused-ring (bicyclic) bond motifs is 1. The number of halogens is 1. The second kappa shape index (κ2) is 9.54. The summed E-state index contributed by atoms with van der Waals surface area (Å²) in [6.07, 6.45) is 0. The van der Waals surface area contributed by atoms with Crippen LogP contribution in [0.2, 0.25) is 5.02 Å². The standard InChI is InChI=1S/C20H23ClN4O3/c1-2-27-10-9-25-17-11-14(28-18-6-4-3-5-15(18)21)7-8-16(17)24-20(25)13-23-12-19(22)26/h3-8,11,23H,2,9-10,12-13H2,1H3,(H2,22,26). The van der Waals surface area contributed by atoms with Crippen LogP contribution in [0, 0.1) is 0 Å². The Bertz CT molecular complexity index is 958. The van der Waals surface area contributed by atoms with Crippen LogP contribution in [-0.2, 0) is 22.6 Å². The highest BCUT2D eigenvalue weighted by molar-refractivity contribution is 6.32. The average molecular weight is 403 g/mol. The molecule has 0 saturated carbocycles. The Kier molecular flexibility index (Phi) is 6.86. The number of hydrogen-bond acceptors (Lipinski definition) is 5. The van der Waals surface area contributed by atoms with E-state index in [1.165, 1.54) is 0 Å². The predicted octanol–water partition coefficient (Wildman–Crippen LogP) is 3.09. The molecule has 1 aromatic heterocycles. The van der Waals surface area contributed by atoms with Crippen molar-refractivity contribution >= 4 is 28.5 Å². The van der Waals surface area contributed by atoms with Crippen molar-refractivity contribution in [3.8, 4) is 11.5 Å². The van der Waals surface area contributed by atoms with E-state index in [-0.39, 0.29) is 6.54 Å². The molecule has 3 rings (SSSR count). The van der Waals surface area contributed by atoms with Gasteiger partial charge in [0.15, 0.2) is 0 Å². The van der Waals surface area contributed by atoms with Crippen LogP contribution in [0.5, 0.6) is 11.5 Å². The van der Waals surface area contributed by atoms with Crippen LogP contribution in [0.4, 0.5) is 0 Å². The minimum absolute atomic E-state index is 0.0928. The molecule has 3 aromatic rings. The summed E-state index contributed by atoms with van der Waals surface area (Å²) in [5.41, 5.74) is 6.95. The molecule has 0 fully saturated rings. The Morgan fingerprint density at radius 3 is 2.86 bits per heavy atom. The van der Waals surface area contributed by atoms with E-state index in [0.717, 1.165) is 16.9 Å². The number of amides is 1. The number of nitrogens with two attached hydrogens (primary N) is 1. The Balaban J connectivity index is 1.89. The van der Waals surface area contributed by atoms with Gasteiger partial charge in [-0.15, -0.1) is 0 Å². The van der Waals surface area contributed by atoms with Gasteiger partial charge in [-0.1, -0.05) is 23.7 Å². The molecule has 2 aromatic carbocycles. The Hall–Kier alpha value is -2.61. The van der Waals surface area contributed by atoms with E-state index >= 15 is 0 Å². The molecule has 0 atom stereocenters. The summed E-state index contributed by atoms with van der Waals surface area (Å²) >= 11 is 6.19. The lowest BCUT2D eigenvalue weighted by atomic mass is 10.3. The van der Waals surface area contributed by atoms with Crippen molar-refractivity contribution in [3.05, 3.63) is 53.3 Å². The number of aromatic nitrogens is 2. The number of ether oxygens (including phenoxy) is 2. The normalized spacial score (nSPS) is 11.1. The molecular formula is C20H23ClN4O3. The predicted molar refractivity (Wildman–Crippen MR) is 109 cm³/mol. The SMILES string of the molecule is CCOCCn1c(CNCC(N)=O)nc2ccc(Oc3ccccc3Cl)cc21. The third-order valence-corrected chi connectivity index (χ3v) is 4.42. The number of primary amides is 1. The summed E-state index contributed by atoms with van der Waals surface area (Å²) in [4.78, 5) is 15.7. The highest BCUT2D eigenvalue weighted by Crippen LogP contribution is 2.31. The molecule has 0 aliphatic heterocycles. The molecule has 0 radical (unpaired) electrons. The molecule has 8 heteroatoms. The third kappa shape index (κ3) is 5.01. The van der Waals surface area contributed by atoms with E-state index < -0.39 is 5.91 Å². The molecule has 148 valence electrons. The highest BCUT2D eigenvalue weighted by Gasteiger charge is 2.13. The zero-order chi connectivity index (χ0) is 19.9. The van der Waals surface area contributed by atoms with Crippen LogP contribution in [0.25, 0.3) is 11.0 Å². The molecule has 7 nitrogen and oxygen atoms in total. The second-order valence-corrected chi connectivity index (χ2v) is 6.54. The van der Waals surface area contributed by atoms with Crippen LogP contribution < -0.4 is 15.8 Å². The first-order valence-electron chi connectivity index (χ1n) is 9.06. The van der Waals surface area contributed by atoms with Crippen LogP contribution in [0.3, 0.4) is 0 Å². The van der Waals surface area contributed by atoms with Crippen molar-refractivity contribution in [1.82, 2.24) is 14.9 Å². The molecule has 0 unspecified atom stereocenters. The number of carbonyl (C=O) groups is 1. The first-order valence-corrected chi connectivity index (χ1v) is 9.44. The summed E-state index contributed by atoms with van der Waals surface area (Å²) in [6.45, 7) is 4.30. The fraction of sp³-hybridized carbons (Fsp3) is 0.300. The molecule has 3 N–H and O–H groups in total. The van der Waals surface area contributed by atoms with E-state index in [1.54, 1.807) is 6.07 Å². The molecule has 28 heavy (non-hydrogen) atoms. The van der Waals surface area contributed by atoms with Gasteiger partial charge in [-0.05, 0) is 31.2 Å². The van der Waals surface area contributed by atoms with E-state index in [9.17, 15) is 4.79 Å². The second-order valence-electron chi connectivity index (χ2n) is 6.13. The van der Waals surface area contributed by atoms with E-state index in [1.807, 2.05) is 43.3 Å². The van der Waals surface area contributed by atoms with Gasteiger partial charge < -0.3 is 25.1 Å². The largest absolute Gasteiger partial charge is 0.456 e. The molecule has 0 spiro atoms. The number of carbonyl (C=O) groups excluding carboxylic acids is 1. The lowest BCUT2D eigenvalue weighted by Crippen LogP contribution is -2.29. The number of nitrogens with zero attached hydrogens (tertiary/aromatic N) is 2. The minimum Gasteiger partial charge on any atom is -0.456 e.